The van der Waals surface area contributed by atoms with Gasteiger partial charge >= 0.3 is 5.91 Å². The van der Waals surface area contributed by atoms with Crippen LogP contribution in [-0.2, 0) is 9.59 Å². The molecule has 7 heteroatoms. The lowest BCUT2D eigenvalue weighted by atomic mass is 9.93. The Morgan fingerprint density at radius 3 is 2.33 bits per heavy atom. The van der Waals surface area contributed by atoms with Crippen LogP contribution in [0.25, 0.3) is 5.76 Å². The SMILES string of the molecule is CCOc1ccc(/C(O)=C2\C(=O)C(=O)N(c3cc(C)on3)[C@@H]2c2ccc(C(C)C)cc2)cc1. The number of hydrogen-bond donors (Lipinski definition) is 1. The molecule has 2 aromatic carbocycles. The van der Waals surface area contributed by atoms with Gasteiger partial charge in [-0.05, 0) is 55.2 Å². The van der Waals surface area contributed by atoms with E-state index < -0.39 is 17.7 Å². The number of carbonyl (C=O) groups excluding carboxylic acids is 2. The summed E-state index contributed by atoms with van der Waals surface area (Å²) in [6, 6.07) is 15.2. The van der Waals surface area contributed by atoms with Crippen molar-refractivity contribution in [2.24, 2.45) is 0 Å². The van der Waals surface area contributed by atoms with Gasteiger partial charge in [0.05, 0.1) is 18.2 Å². The van der Waals surface area contributed by atoms with Crippen LogP contribution >= 0.6 is 0 Å². The summed E-state index contributed by atoms with van der Waals surface area (Å²) < 4.78 is 10.6. The summed E-state index contributed by atoms with van der Waals surface area (Å²) in [5.74, 6) is -0.0998. The number of aryl methyl sites for hydroxylation is 1. The molecule has 3 aromatic rings. The Morgan fingerprint density at radius 1 is 1.12 bits per heavy atom. The first kappa shape index (κ1) is 22.3. The molecule has 0 unspecified atom stereocenters. The van der Waals surface area contributed by atoms with E-state index in [1.54, 1.807) is 37.3 Å². The fourth-order valence-corrected chi connectivity index (χ4v) is 3.95. The number of aromatic nitrogens is 1. The molecule has 33 heavy (non-hydrogen) atoms. The molecule has 1 aliphatic rings. The number of ether oxygens (including phenoxy) is 1. The number of amides is 1. The van der Waals surface area contributed by atoms with Gasteiger partial charge in [0.1, 0.15) is 17.3 Å². The van der Waals surface area contributed by atoms with E-state index in [2.05, 4.69) is 19.0 Å². The van der Waals surface area contributed by atoms with Crippen molar-refractivity contribution in [1.29, 1.82) is 0 Å². The number of aliphatic hydroxyl groups is 1. The third kappa shape index (κ3) is 4.14. The van der Waals surface area contributed by atoms with E-state index in [1.165, 1.54) is 4.90 Å². The summed E-state index contributed by atoms with van der Waals surface area (Å²) in [7, 11) is 0. The molecule has 1 fully saturated rings. The second-order valence-corrected chi connectivity index (χ2v) is 8.24. The largest absolute Gasteiger partial charge is 0.507 e. The number of aliphatic hydroxyl groups excluding tert-OH is 1. The van der Waals surface area contributed by atoms with E-state index in [0.717, 1.165) is 5.56 Å². The summed E-state index contributed by atoms with van der Waals surface area (Å²) >= 11 is 0. The van der Waals surface area contributed by atoms with Crippen molar-refractivity contribution in [3.63, 3.8) is 0 Å². The fourth-order valence-electron chi connectivity index (χ4n) is 3.95. The first-order valence-corrected chi connectivity index (χ1v) is 10.9. The number of benzene rings is 2. The summed E-state index contributed by atoms with van der Waals surface area (Å²) in [5, 5.41) is 15.1. The minimum absolute atomic E-state index is 0.00195. The quantitative estimate of drug-likeness (QED) is 0.320. The molecular weight excluding hydrogens is 420 g/mol. The molecule has 4 rings (SSSR count). The molecule has 0 spiro atoms. The van der Waals surface area contributed by atoms with Gasteiger partial charge < -0.3 is 14.4 Å². The van der Waals surface area contributed by atoms with Crippen LogP contribution in [0.1, 0.15) is 55.2 Å². The highest BCUT2D eigenvalue weighted by Crippen LogP contribution is 2.42. The van der Waals surface area contributed by atoms with Crippen molar-refractivity contribution < 1.29 is 24.0 Å². The smallest absolute Gasteiger partial charge is 0.301 e. The molecule has 1 atom stereocenters. The minimum Gasteiger partial charge on any atom is -0.507 e. The van der Waals surface area contributed by atoms with E-state index >= 15 is 0 Å². The predicted octanol–water partition coefficient (Wildman–Crippen LogP) is 5.13. The second-order valence-electron chi connectivity index (χ2n) is 8.24. The van der Waals surface area contributed by atoms with Crippen LogP contribution in [-0.4, -0.2) is 28.6 Å². The number of carbonyl (C=O) groups is 2. The Balaban J connectivity index is 1.86. The molecule has 0 aliphatic carbocycles. The minimum atomic E-state index is -0.845. The van der Waals surface area contributed by atoms with Gasteiger partial charge in [-0.3, -0.25) is 14.5 Å². The zero-order chi connectivity index (χ0) is 23.7. The van der Waals surface area contributed by atoms with Gasteiger partial charge in [0.25, 0.3) is 5.78 Å². The maximum Gasteiger partial charge on any atom is 0.301 e. The average molecular weight is 447 g/mol. The molecule has 0 radical (unpaired) electrons. The van der Waals surface area contributed by atoms with Gasteiger partial charge in [0.2, 0.25) is 0 Å². The third-order valence-corrected chi connectivity index (χ3v) is 5.66. The Bertz CT molecular complexity index is 1210. The molecule has 0 bridgehead atoms. The van der Waals surface area contributed by atoms with Crippen molar-refractivity contribution >= 4 is 23.3 Å². The highest BCUT2D eigenvalue weighted by molar-refractivity contribution is 6.51. The Kier molecular flexibility index (Phi) is 6.05. The van der Waals surface area contributed by atoms with E-state index in [-0.39, 0.29) is 17.2 Å². The van der Waals surface area contributed by atoms with Crippen molar-refractivity contribution in [1.82, 2.24) is 5.16 Å². The molecule has 1 N–H and O–H groups in total. The lowest BCUT2D eigenvalue weighted by Gasteiger charge is -2.23. The van der Waals surface area contributed by atoms with Crippen LogP contribution < -0.4 is 9.64 Å². The van der Waals surface area contributed by atoms with Gasteiger partial charge in [-0.15, -0.1) is 0 Å². The van der Waals surface area contributed by atoms with Crippen LogP contribution in [0.4, 0.5) is 5.82 Å². The van der Waals surface area contributed by atoms with E-state index in [4.69, 9.17) is 9.26 Å². The summed E-state index contributed by atoms with van der Waals surface area (Å²) in [6.45, 7) is 8.28. The number of Topliss-reactive ketones (excluding diaryl/α,β-unsaturated/α-hetero) is 1. The number of nitrogens with zero attached hydrogens (tertiary/aromatic N) is 2. The number of anilines is 1. The van der Waals surface area contributed by atoms with Crippen LogP contribution in [0.3, 0.4) is 0 Å². The van der Waals surface area contributed by atoms with Crippen molar-refractivity contribution in [2.75, 3.05) is 11.5 Å². The van der Waals surface area contributed by atoms with Crippen LogP contribution in [0.2, 0.25) is 0 Å². The molecule has 1 aromatic heterocycles. The molecule has 7 nitrogen and oxygen atoms in total. The van der Waals surface area contributed by atoms with Crippen LogP contribution in [0.15, 0.2) is 64.7 Å². The molecular formula is C26H26N2O5. The average Bonchev–Trinajstić information content (AvgIpc) is 3.34. The van der Waals surface area contributed by atoms with Crippen LogP contribution in [0, 0.1) is 6.92 Å². The maximum atomic E-state index is 13.1. The highest BCUT2D eigenvalue weighted by Gasteiger charge is 2.48. The monoisotopic (exact) mass is 446 g/mol. The number of hydrogen-bond acceptors (Lipinski definition) is 6. The second kappa shape index (κ2) is 8.94. The van der Waals surface area contributed by atoms with E-state index in [0.29, 0.717) is 35.2 Å². The first-order valence-electron chi connectivity index (χ1n) is 10.9. The molecule has 170 valence electrons. The van der Waals surface area contributed by atoms with Crippen LogP contribution in [0.5, 0.6) is 5.75 Å². The maximum absolute atomic E-state index is 13.1. The summed E-state index contributed by atoms with van der Waals surface area (Å²) in [4.78, 5) is 27.5. The van der Waals surface area contributed by atoms with Gasteiger partial charge in [-0.2, -0.15) is 0 Å². The van der Waals surface area contributed by atoms with Crippen molar-refractivity contribution in [3.05, 3.63) is 82.6 Å². The standard InChI is InChI=1S/C26H26N2O5/c1-5-32-20-12-10-19(11-13-20)24(29)22-23(18-8-6-17(7-9-18)15(2)3)28(26(31)25(22)30)21-14-16(4)33-27-21/h6-15,23,29H,5H2,1-4H3/b24-22+/t23-/m1/s1. The Morgan fingerprint density at radius 2 is 1.79 bits per heavy atom. The first-order chi connectivity index (χ1) is 15.8. The lowest BCUT2D eigenvalue weighted by Crippen LogP contribution is -2.29. The zero-order valence-corrected chi connectivity index (χ0v) is 19.0. The Labute approximate surface area is 192 Å². The molecule has 0 saturated carbocycles. The molecule has 2 heterocycles. The summed E-state index contributed by atoms with van der Waals surface area (Å²) in [5.41, 5.74) is 2.23. The topological polar surface area (TPSA) is 92.9 Å². The molecule has 1 aliphatic heterocycles. The highest BCUT2D eigenvalue weighted by atomic mass is 16.5. The fraction of sp³-hybridized carbons (Fsp3) is 0.269. The van der Waals surface area contributed by atoms with Gasteiger partial charge in [-0.1, -0.05) is 43.3 Å². The van der Waals surface area contributed by atoms with Crippen molar-refractivity contribution in [2.45, 2.75) is 39.7 Å². The van der Waals surface area contributed by atoms with Gasteiger partial charge in [0.15, 0.2) is 5.82 Å². The number of rotatable bonds is 6. The van der Waals surface area contributed by atoms with Gasteiger partial charge in [-0.25, -0.2) is 0 Å². The third-order valence-electron chi connectivity index (χ3n) is 5.66. The molecule has 1 saturated heterocycles. The lowest BCUT2D eigenvalue weighted by molar-refractivity contribution is -0.132. The predicted molar refractivity (Wildman–Crippen MR) is 124 cm³/mol. The zero-order valence-electron chi connectivity index (χ0n) is 19.0. The summed E-state index contributed by atoms with van der Waals surface area (Å²) in [6.07, 6.45) is 0. The van der Waals surface area contributed by atoms with E-state index in [1.807, 2.05) is 31.2 Å². The van der Waals surface area contributed by atoms with Crippen molar-refractivity contribution in [3.8, 4) is 5.75 Å². The Hall–Kier alpha value is -3.87. The van der Waals surface area contributed by atoms with E-state index in [9.17, 15) is 14.7 Å². The van der Waals surface area contributed by atoms with Gasteiger partial charge in [0, 0.05) is 11.6 Å². The molecule has 1 amide bonds. The number of ketones is 1. The normalized spacial score (nSPS) is 17.7.